The molecule has 0 aliphatic heterocycles. The second-order valence-corrected chi connectivity index (χ2v) is 3.52. The molecule has 0 aromatic carbocycles. The van der Waals surface area contributed by atoms with Crippen LogP contribution in [0.1, 0.15) is 19.0 Å². The van der Waals surface area contributed by atoms with E-state index in [9.17, 15) is 0 Å². The van der Waals surface area contributed by atoms with Crippen LogP contribution in [0, 0.1) is 0 Å². The highest BCUT2D eigenvalue weighted by atomic mass is 15.3. The molecule has 16 heavy (non-hydrogen) atoms. The Morgan fingerprint density at radius 1 is 1.31 bits per heavy atom. The number of nitrogens with zero attached hydrogens (tertiary/aromatic N) is 4. The molecular formula is C11H15N5. The van der Waals surface area contributed by atoms with Crippen LogP contribution in [0.3, 0.4) is 0 Å². The van der Waals surface area contributed by atoms with Crippen LogP contribution in [-0.4, -0.2) is 26.3 Å². The zero-order valence-electron chi connectivity index (χ0n) is 9.30. The summed E-state index contributed by atoms with van der Waals surface area (Å²) in [4.78, 5) is 8.60. The molecule has 0 aliphatic carbocycles. The SMILES string of the molecule is CCCNc1cnc(Cn2cccn2)cn1. The molecule has 0 unspecified atom stereocenters. The summed E-state index contributed by atoms with van der Waals surface area (Å²) in [5, 5.41) is 7.30. The predicted molar refractivity (Wildman–Crippen MR) is 62.1 cm³/mol. The largest absolute Gasteiger partial charge is 0.369 e. The minimum absolute atomic E-state index is 0.661. The summed E-state index contributed by atoms with van der Waals surface area (Å²) in [6.45, 7) is 3.70. The molecule has 0 atom stereocenters. The van der Waals surface area contributed by atoms with Gasteiger partial charge >= 0.3 is 0 Å². The molecule has 0 spiro atoms. The molecule has 2 aromatic heterocycles. The van der Waals surface area contributed by atoms with Crippen LogP contribution in [0.15, 0.2) is 30.9 Å². The zero-order chi connectivity index (χ0) is 11.2. The summed E-state index contributed by atoms with van der Waals surface area (Å²) in [6, 6.07) is 1.89. The Morgan fingerprint density at radius 3 is 2.88 bits per heavy atom. The van der Waals surface area contributed by atoms with E-state index in [0.717, 1.165) is 24.5 Å². The third kappa shape index (κ3) is 2.79. The van der Waals surface area contributed by atoms with Crippen molar-refractivity contribution in [3.05, 3.63) is 36.5 Å². The quantitative estimate of drug-likeness (QED) is 0.825. The highest BCUT2D eigenvalue weighted by Gasteiger charge is 1.98. The molecule has 0 amide bonds. The van der Waals surface area contributed by atoms with E-state index in [4.69, 9.17) is 0 Å². The van der Waals surface area contributed by atoms with Gasteiger partial charge in [0.05, 0.1) is 24.6 Å². The molecule has 0 saturated carbocycles. The molecule has 84 valence electrons. The first-order valence-electron chi connectivity index (χ1n) is 5.40. The van der Waals surface area contributed by atoms with E-state index in [2.05, 4.69) is 27.3 Å². The molecule has 5 heteroatoms. The van der Waals surface area contributed by atoms with Crippen LogP contribution < -0.4 is 5.32 Å². The van der Waals surface area contributed by atoms with Crippen LogP contribution in [0.25, 0.3) is 0 Å². The molecular weight excluding hydrogens is 202 g/mol. The maximum absolute atomic E-state index is 4.32. The van der Waals surface area contributed by atoms with E-state index in [1.807, 2.05) is 16.9 Å². The summed E-state index contributed by atoms with van der Waals surface area (Å²) in [5.74, 6) is 0.825. The lowest BCUT2D eigenvalue weighted by molar-refractivity contribution is 0.670. The van der Waals surface area contributed by atoms with Gasteiger partial charge in [0, 0.05) is 18.9 Å². The molecule has 2 heterocycles. The predicted octanol–water partition coefficient (Wildman–Crippen LogP) is 1.54. The van der Waals surface area contributed by atoms with Gasteiger partial charge in [0.2, 0.25) is 0 Å². The Balaban J connectivity index is 1.96. The summed E-state index contributed by atoms with van der Waals surface area (Å²) < 4.78 is 1.82. The fourth-order valence-electron chi connectivity index (χ4n) is 1.34. The minimum atomic E-state index is 0.661. The van der Waals surface area contributed by atoms with Crippen molar-refractivity contribution in [1.82, 2.24) is 19.7 Å². The van der Waals surface area contributed by atoms with Crippen LogP contribution in [0.5, 0.6) is 0 Å². The molecule has 0 bridgehead atoms. The van der Waals surface area contributed by atoms with E-state index in [1.54, 1.807) is 18.6 Å². The van der Waals surface area contributed by atoms with Gasteiger partial charge in [-0.2, -0.15) is 5.10 Å². The van der Waals surface area contributed by atoms with Crippen molar-refractivity contribution in [2.75, 3.05) is 11.9 Å². The molecule has 1 N–H and O–H groups in total. The molecule has 2 aromatic rings. The van der Waals surface area contributed by atoms with Crippen molar-refractivity contribution in [1.29, 1.82) is 0 Å². The van der Waals surface area contributed by atoms with Gasteiger partial charge in [-0.3, -0.25) is 9.67 Å². The van der Waals surface area contributed by atoms with Crippen LogP contribution in [0.4, 0.5) is 5.82 Å². The van der Waals surface area contributed by atoms with Gasteiger partial charge in [-0.05, 0) is 12.5 Å². The van der Waals surface area contributed by atoms with E-state index < -0.39 is 0 Å². The van der Waals surface area contributed by atoms with Gasteiger partial charge < -0.3 is 5.32 Å². The number of anilines is 1. The van der Waals surface area contributed by atoms with Gasteiger partial charge in [-0.15, -0.1) is 0 Å². The molecule has 0 saturated heterocycles. The smallest absolute Gasteiger partial charge is 0.144 e. The molecule has 0 fully saturated rings. The third-order valence-electron chi connectivity index (χ3n) is 2.14. The fourth-order valence-corrected chi connectivity index (χ4v) is 1.34. The van der Waals surface area contributed by atoms with Gasteiger partial charge in [0.25, 0.3) is 0 Å². The Bertz CT molecular complexity index is 406. The number of nitrogens with one attached hydrogen (secondary N) is 1. The second kappa shape index (κ2) is 5.25. The van der Waals surface area contributed by atoms with Crippen LogP contribution in [-0.2, 0) is 6.54 Å². The number of hydrogen-bond donors (Lipinski definition) is 1. The lowest BCUT2D eigenvalue weighted by atomic mass is 10.4. The van der Waals surface area contributed by atoms with Crippen LogP contribution >= 0.6 is 0 Å². The maximum atomic E-state index is 4.32. The average molecular weight is 217 g/mol. The Labute approximate surface area is 94.5 Å². The van der Waals surface area contributed by atoms with Gasteiger partial charge in [-0.1, -0.05) is 6.92 Å². The molecule has 0 radical (unpaired) electrons. The molecule has 5 nitrogen and oxygen atoms in total. The van der Waals surface area contributed by atoms with Crippen molar-refractivity contribution in [2.24, 2.45) is 0 Å². The van der Waals surface area contributed by atoms with E-state index in [-0.39, 0.29) is 0 Å². The lowest BCUT2D eigenvalue weighted by Crippen LogP contribution is -2.06. The average Bonchev–Trinajstić information content (AvgIpc) is 2.81. The summed E-state index contributed by atoms with van der Waals surface area (Å²) in [7, 11) is 0. The highest BCUT2D eigenvalue weighted by molar-refractivity contribution is 5.30. The summed E-state index contributed by atoms with van der Waals surface area (Å²) >= 11 is 0. The first-order chi connectivity index (χ1) is 7.88. The Morgan fingerprint density at radius 2 is 2.25 bits per heavy atom. The minimum Gasteiger partial charge on any atom is -0.369 e. The summed E-state index contributed by atoms with van der Waals surface area (Å²) in [5.41, 5.74) is 0.908. The van der Waals surface area contributed by atoms with Crippen molar-refractivity contribution < 1.29 is 0 Å². The third-order valence-corrected chi connectivity index (χ3v) is 2.14. The summed E-state index contributed by atoms with van der Waals surface area (Å²) in [6.07, 6.45) is 8.28. The molecule has 2 rings (SSSR count). The first-order valence-corrected chi connectivity index (χ1v) is 5.40. The molecule has 0 aliphatic rings. The Hall–Kier alpha value is -1.91. The fraction of sp³-hybridized carbons (Fsp3) is 0.364. The van der Waals surface area contributed by atoms with Crippen molar-refractivity contribution >= 4 is 5.82 Å². The lowest BCUT2D eigenvalue weighted by Gasteiger charge is -2.04. The van der Waals surface area contributed by atoms with Gasteiger partial charge in [0.1, 0.15) is 5.82 Å². The van der Waals surface area contributed by atoms with E-state index in [0.29, 0.717) is 6.54 Å². The number of hydrogen-bond acceptors (Lipinski definition) is 4. The monoisotopic (exact) mass is 217 g/mol. The number of rotatable bonds is 5. The number of aromatic nitrogens is 4. The highest BCUT2D eigenvalue weighted by Crippen LogP contribution is 2.02. The van der Waals surface area contributed by atoms with Crippen LogP contribution in [0.2, 0.25) is 0 Å². The van der Waals surface area contributed by atoms with Crippen molar-refractivity contribution in [2.45, 2.75) is 19.9 Å². The maximum Gasteiger partial charge on any atom is 0.144 e. The standard InChI is InChI=1S/C11H15N5/c1-2-4-12-11-8-13-10(7-14-11)9-16-6-3-5-15-16/h3,5-8H,2,4,9H2,1H3,(H,12,14). The second-order valence-electron chi connectivity index (χ2n) is 3.52. The topological polar surface area (TPSA) is 55.6 Å². The Kier molecular flexibility index (Phi) is 3.48. The van der Waals surface area contributed by atoms with Crippen molar-refractivity contribution in [3.8, 4) is 0 Å². The van der Waals surface area contributed by atoms with E-state index >= 15 is 0 Å². The first kappa shape index (κ1) is 10.6. The van der Waals surface area contributed by atoms with Gasteiger partial charge in [-0.25, -0.2) is 4.98 Å². The normalized spacial score (nSPS) is 10.3. The zero-order valence-corrected chi connectivity index (χ0v) is 9.30. The van der Waals surface area contributed by atoms with Gasteiger partial charge in [0.15, 0.2) is 0 Å². The van der Waals surface area contributed by atoms with E-state index in [1.165, 1.54) is 0 Å². The van der Waals surface area contributed by atoms with Crippen molar-refractivity contribution in [3.63, 3.8) is 0 Å².